The number of hydrogen-bond acceptors (Lipinski definition) is 3. The van der Waals surface area contributed by atoms with E-state index in [0.717, 1.165) is 18.4 Å². The van der Waals surface area contributed by atoms with E-state index in [0.29, 0.717) is 29.3 Å². The molecule has 8 heteroatoms. The molecule has 1 aromatic heterocycles. The molecule has 0 aliphatic rings. The third-order valence-corrected chi connectivity index (χ3v) is 5.85. The van der Waals surface area contributed by atoms with Crippen molar-refractivity contribution in [2.24, 2.45) is 0 Å². The van der Waals surface area contributed by atoms with E-state index in [-0.39, 0.29) is 36.4 Å². The van der Waals surface area contributed by atoms with Gasteiger partial charge in [0, 0.05) is 18.2 Å². The van der Waals surface area contributed by atoms with Gasteiger partial charge in [0.1, 0.15) is 17.5 Å². The van der Waals surface area contributed by atoms with Crippen LogP contribution in [0.3, 0.4) is 0 Å². The number of amides is 2. The highest BCUT2D eigenvalue weighted by atomic mass is 19.1. The van der Waals surface area contributed by atoms with E-state index in [9.17, 15) is 18.4 Å². The van der Waals surface area contributed by atoms with Gasteiger partial charge < -0.3 is 10.2 Å². The van der Waals surface area contributed by atoms with Crippen molar-refractivity contribution in [3.63, 3.8) is 0 Å². The van der Waals surface area contributed by atoms with Crippen LogP contribution in [0, 0.1) is 11.6 Å². The Morgan fingerprint density at radius 1 is 0.919 bits per heavy atom. The van der Waals surface area contributed by atoms with Crippen LogP contribution in [-0.2, 0) is 16.0 Å². The number of benzene rings is 3. The number of unbranched alkanes of at least 4 members (excludes halogenated alkanes) is 1. The van der Waals surface area contributed by atoms with Crippen LogP contribution in [0.4, 0.5) is 14.6 Å². The molecule has 0 saturated heterocycles. The van der Waals surface area contributed by atoms with Crippen molar-refractivity contribution in [2.45, 2.75) is 26.2 Å². The fraction of sp³-hybridized carbons (Fsp3) is 0.207. The Morgan fingerprint density at radius 3 is 2.22 bits per heavy atom. The molecule has 0 spiro atoms. The lowest BCUT2D eigenvalue weighted by molar-refractivity contribution is -0.134. The van der Waals surface area contributed by atoms with Crippen molar-refractivity contribution in [3.8, 4) is 16.9 Å². The van der Waals surface area contributed by atoms with E-state index in [1.165, 1.54) is 33.8 Å². The average molecular weight is 503 g/mol. The highest BCUT2D eigenvalue weighted by molar-refractivity contribution is 5.95. The maximum Gasteiger partial charge on any atom is 0.245 e. The van der Waals surface area contributed by atoms with Gasteiger partial charge in [0.25, 0.3) is 0 Å². The number of hydrogen-bond donors (Lipinski definition) is 1. The maximum atomic E-state index is 13.5. The Bertz CT molecular complexity index is 1340. The molecule has 2 amide bonds. The molecule has 37 heavy (non-hydrogen) atoms. The molecule has 4 aromatic rings. The third-order valence-electron chi connectivity index (χ3n) is 5.85. The Kier molecular flexibility index (Phi) is 8.40. The van der Waals surface area contributed by atoms with Gasteiger partial charge in [-0.15, -0.1) is 0 Å². The van der Waals surface area contributed by atoms with E-state index in [4.69, 9.17) is 0 Å². The van der Waals surface area contributed by atoms with Crippen molar-refractivity contribution < 1.29 is 18.4 Å². The first-order chi connectivity index (χ1) is 17.9. The van der Waals surface area contributed by atoms with Crippen LogP contribution in [0.5, 0.6) is 0 Å². The summed E-state index contributed by atoms with van der Waals surface area (Å²) in [5.41, 5.74) is 2.75. The molecule has 0 fully saturated rings. The molecule has 190 valence electrons. The summed E-state index contributed by atoms with van der Waals surface area (Å²) in [6.45, 7) is 2.29. The Hall–Kier alpha value is -4.33. The normalized spacial score (nSPS) is 10.8. The van der Waals surface area contributed by atoms with Crippen LogP contribution in [-0.4, -0.2) is 39.6 Å². The quantitative estimate of drug-likeness (QED) is 0.306. The van der Waals surface area contributed by atoms with Crippen LogP contribution in [0.1, 0.15) is 25.3 Å². The van der Waals surface area contributed by atoms with Crippen LogP contribution in [0.25, 0.3) is 16.9 Å². The summed E-state index contributed by atoms with van der Waals surface area (Å²) in [6, 6.07) is 22.8. The number of carbonyl (C=O) groups is 2. The smallest absolute Gasteiger partial charge is 0.245 e. The largest absolute Gasteiger partial charge is 0.333 e. The van der Waals surface area contributed by atoms with Gasteiger partial charge in [0.05, 0.1) is 24.3 Å². The predicted molar refractivity (Wildman–Crippen MR) is 139 cm³/mol. The van der Waals surface area contributed by atoms with Crippen LogP contribution >= 0.6 is 0 Å². The molecule has 0 bridgehead atoms. The number of nitrogens with one attached hydrogen (secondary N) is 1. The molecule has 0 radical (unpaired) electrons. The van der Waals surface area contributed by atoms with Crippen LogP contribution < -0.4 is 5.32 Å². The van der Waals surface area contributed by atoms with Crippen molar-refractivity contribution in [2.75, 3.05) is 18.4 Å². The topological polar surface area (TPSA) is 67.2 Å². The molecular weight excluding hydrogens is 474 g/mol. The second kappa shape index (κ2) is 12.1. The maximum absolute atomic E-state index is 13.5. The number of rotatable bonds is 10. The van der Waals surface area contributed by atoms with E-state index in [2.05, 4.69) is 10.4 Å². The molecule has 0 saturated carbocycles. The molecule has 0 aliphatic heterocycles. The molecule has 3 aromatic carbocycles. The highest BCUT2D eigenvalue weighted by Crippen LogP contribution is 2.25. The summed E-state index contributed by atoms with van der Waals surface area (Å²) < 4.78 is 28.3. The second-order valence-electron chi connectivity index (χ2n) is 8.69. The fourth-order valence-electron chi connectivity index (χ4n) is 3.88. The molecule has 6 nitrogen and oxygen atoms in total. The summed E-state index contributed by atoms with van der Waals surface area (Å²) in [7, 11) is 0. The summed E-state index contributed by atoms with van der Waals surface area (Å²) in [4.78, 5) is 27.6. The average Bonchev–Trinajstić information content (AvgIpc) is 3.32. The monoisotopic (exact) mass is 502 g/mol. The lowest BCUT2D eigenvalue weighted by atomic mass is 10.1. The molecule has 0 aliphatic carbocycles. The Labute approximate surface area is 214 Å². The first kappa shape index (κ1) is 25.8. The minimum Gasteiger partial charge on any atom is -0.333 e. The minimum absolute atomic E-state index is 0.0724. The summed E-state index contributed by atoms with van der Waals surface area (Å²) in [6.07, 6.45) is 1.68. The summed E-state index contributed by atoms with van der Waals surface area (Å²) >= 11 is 0. The van der Waals surface area contributed by atoms with Gasteiger partial charge in [0.2, 0.25) is 11.8 Å². The molecule has 1 heterocycles. The summed E-state index contributed by atoms with van der Waals surface area (Å²) in [5.74, 6) is -0.947. The molecular formula is C29H28F2N4O2. The van der Waals surface area contributed by atoms with Crippen LogP contribution in [0.2, 0.25) is 0 Å². The van der Waals surface area contributed by atoms with E-state index >= 15 is 0 Å². The molecule has 4 rings (SSSR count). The van der Waals surface area contributed by atoms with Crippen molar-refractivity contribution in [1.82, 2.24) is 14.7 Å². The number of nitrogens with zero attached hydrogens (tertiary/aromatic N) is 3. The fourth-order valence-corrected chi connectivity index (χ4v) is 3.88. The Morgan fingerprint density at radius 2 is 1.57 bits per heavy atom. The summed E-state index contributed by atoms with van der Waals surface area (Å²) in [5, 5.41) is 7.50. The van der Waals surface area contributed by atoms with Gasteiger partial charge >= 0.3 is 0 Å². The molecule has 0 unspecified atom stereocenters. The zero-order valence-corrected chi connectivity index (χ0v) is 20.5. The van der Waals surface area contributed by atoms with Crippen molar-refractivity contribution in [3.05, 3.63) is 102 Å². The van der Waals surface area contributed by atoms with E-state index < -0.39 is 0 Å². The van der Waals surface area contributed by atoms with Gasteiger partial charge in [0.15, 0.2) is 0 Å². The third kappa shape index (κ3) is 6.88. The van der Waals surface area contributed by atoms with E-state index in [1.54, 1.807) is 30.3 Å². The first-order valence-corrected chi connectivity index (χ1v) is 12.2. The van der Waals surface area contributed by atoms with Gasteiger partial charge in [-0.05, 0) is 48.4 Å². The van der Waals surface area contributed by atoms with Gasteiger partial charge in [-0.1, -0.05) is 55.8 Å². The number of aromatic nitrogens is 2. The second-order valence-corrected chi connectivity index (χ2v) is 8.69. The highest BCUT2D eigenvalue weighted by Gasteiger charge is 2.20. The molecule has 0 atom stereocenters. The van der Waals surface area contributed by atoms with Crippen molar-refractivity contribution in [1.29, 1.82) is 0 Å². The SMILES string of the molecule is CCCCN(CC(=O)Nc1cc(-c2ccccc2)nn1-c1ccc(F)cc1)C(=O)Cc1ccc(F)cc1. The van der Waals surface area contributed by atoms with Crippen molar-refractivity contribution >= 4 is 17.6 Å². The lowest BCUT2D eigenvalue weighted by Crippen LogP contribution is -2.39. The number of carbonyl (C=O) groups excluding carboxylic acids is 2. The van der Waals surface area contributed by atoms with Gasteiger partial charge in [-0.2, -0.15) is 5.10 Å². The Balaban J connectivity index is 1.54. The predicted octanol–water partition coefficient (Wildman–Crippen LogP) is 5.63. The van der Waals surface area contributed by atoms with E-state index in [1.807, 2.05) is 37.3 Å². The first-order valence-electron chi connectivity index (χ1n) is 12.2. The standard InChI is InChI=1S/C29H28F2N4O2/c1-2-3-17-34(29(37)18-21-9-11-23(30)12-10-21)20-28(36)32-27-19-26(22-7-5-4-6-8-22)33-35(27)25-15-13-24(31)14-16-25/h4-16,19H,2-3,17-18,20H2,1H3,(H,32,36). The number of halogens is 2. The molecule has 1 N–H and O–H groups in total. The van der Waals surface area contributed by atoms with Crippen LogP contribution in [0.15, 0.2) is 84.9 Å². The zero-order chi connectivity index (χ0) is 26.2. The van der Waals surface area contributed by atoms with Gasteiger partial charge in [-0.3, -0.25) is 9.59 Å². The number of anilines is 1. The zero-order valence-electron chi connectivity index (χ0n) is 20.5. The van der Waals surface area contributed by atoms with Gasteiger partial charge in [-0.25, -0.2) is 13.5 Å². The minimum atomic E-state index is -0.383. The lowest BCUT2D eigenvalue weighted by Gasteiger charge is -2.22.